The van der Waals surface area contributed by atoms with E-state index in [1.165, 1.54) is 5.56 Å². The Morgan fingerprint density at radius 2 is 1.61 bits per heavy atom. The van der Waals surface area contributed by atoms with Gasteiger partial charge in [0.2, 0.25) is 0 Å². The van der Waals surface area contributed by atoms with Crippen molar-refractivity contribution in [1.82, 2.24) is 0 Å². The predicted molar refractivity (Wildman–Crippen MR) is 75.7 cm³/mol. The summed E-state index contributed by atoms with van der Waals surface area (Å²) in [7, 11) is 0. The van der Waals surface area contributed by atoms with Crippen molar-refractivity contribution in [2.24, 2.45) is 0 Å². The maximum Gasteiger partial charge on any atom is 0.185 e. The minimum atomic E-state index is 0.0400. The molecule has 0 aromatic heterocycles. The summed E-state index contributed by atoms with van der Waals surface area (Å²) < 4.78 is 0. The van der Waals surface area contributed by atoms with Gasteiger partial charge in [0.1, 0.15) is 0 Å². The number of hydrogen-bond donors (Lipinski definition) is 0. The van der Waals surface area contributed by atoms with Crippen molar-refractivity contribution < 1.29 is 4.79 Å². The first-order valence-corrected chi connectivity index (χ1v) is 6.01. The van der Waals surface area contributed by atoms with Crippen molar-refractivity contribution >= 4 is 11.9 Å². The Balaban J connectivity index is 2.17. The van der Waals surface area contributed by atoms with Crippen LogP contribution in [0.4, 0.5) is 0 Å². The van der Waals surface area contributed by atoms with Crippen LogP contribution in [0.5, 0.6) is 0 Å². The zero-order chi connectivity index (χ0) is 13.0. The van der Waals surface area contributed by atoms with Gasteiger partial charge in [-0.05, 0) is 31.1 Å². The fraction of sp³-hybridized carbons (Fsp3) is 0.118. The zero-order valence-electron chi connectivity index (χ0n) is 10.7. The lowest BCUT2D eigenvalue weighted by Crippen LogP contribution is -1.93. The van der Waals surface area contributed by atoms with Crippen LogP contribution in [-0.2, 0) is 0 Å². The largest absolute Gasteiger partial charge is 0.289 e. The van der Waals surface area contributed by atoms with Gasteiger partial charge < -0.3 is 0 Å². The second-order valence-electron chi connectivity index (χ2n) is 4.42. The van der Waals surface area contributed by atoms with Crippen molar-refractivity contribution in [3.05, 3.63) is 76.9 Å². The Kier molecular flexibility index (Phi) is 3.73. The van der Waals surface area contributed by atoms with Crippen molar-refractivity contribution in [3.63, 3.8) is 0 Å². The summed E-state index contributed by atoms with van der Waals surface area (Å²) in [5.74, 6) is 0.0400. The Labute approximate surface area is 108 Å². The molecule has 1 heteroatoms. The lowest BCUT2D eigenvalue weighted by Gasteiger charge is -1.99. The maximum atomic E-state index is 12.0. The molecule has 1 nitrogen and oxygen atoms in total. The van der Waals surface area contributed by atoms with Gasteiger partial charge in [0, 0.05) is 5.56 Å². The zero-order valence-corrected chi connectivity index (χ0v) is 10.7. The molecule has 0 aliphatic rings. The van der Waals surface area contributed by atoms with Crippen LogP contribution in [-0.4, -0.2) is 5.78 Å². The molecule has 0 spiro atoms. The normalized spacial score (nSPS) is 10.8. The van der Waals surface area contributed by atoms with E-state index in [0.29, 0.717) is 0 Å². The summed E-state index contributed by atoms with van der Waals surface area (Å²) in [5, 5.41) is 0. The van der Waals surface area contributed by atoms with Gasteiger partial charge in [0.15, 0.2) is 5.78 Å². The molecule has 0 aliphatic heterocycles. The molecule has 0 amide bonds. The van der Waals surface area contributed by atoms with Gasteiger partial charge in [-0.1, -0.05) is 60.2 Å². The summed E-state index contributed by atoms with van der Waals surface area (Å²) in [4.78, 5) is 12.0. The molecule has 0 saturated heterocycles. The Bertz CT molecular complexity index is 577. The quantitative estimate of drug-likeness (QED) is 0.576. The summed E-state index contributed by atoms with van der Waals surface area (Å²) in [5.41, 5.74) is 4.14. The first kappa shape index (κ1) is 12.3. The number of carbonyl (C=O) groups excluding carboxylic acids is 1. The number of hydrogen-bond acceptors (Lipinski definition) is 1. The number of carbonyl (C=O) groups is 1. The van der Waals surface area contributed by atoms with Crippen LogP contribution >= 0.6 is 0 Å². The number of aryl methyl sites for hydroxylation is 2. The van der Waals surface area contributed by atoms with E-state index in [1.807, 2.05) is 68.5 Å². The van der Waals surface area contributed by atoms with Crippen molar-refractivity contribution in [1.29, 1.82) is 0 Å². The van der Waals surface area contributed by atoms with E-state index in [4.69, 9.17) is 0 Å². The molecule has 2 aromatic rings. The smallest absolute Gasteiger partial charge is 0.185 e. The minimum Gasteiger partial charge on any atom is -0.289 e. The number of ketones is 1. The lowest BCUT2D eigenvalue weighted by atomic mass is 10.1. The molecule has 0 fully saturated rings. The van der Waals surface area contributed by atoms with Gasteiger partial charge in [0.05, 0.1) is 0 Å². The summed E-state index contributed by atoms with van der Waals surface area (Å²) in [6.07, 6.45) is 3.50. The standard InChI is InChI=1S/C17H16O/c1-13-7-9-16(10-8-13)17(18)12-11-15-6-4-3-5-14(15)2/h3-12H,1-2H3. The second kappa shape index (κ2) is 5.46. The molecule has 0 atom stereocenters. The Hall–Kier alpha value is -2.15. The molecule has 0 aliphatic carbocycles. The third-order valence-corrected chi connectivity index (χ3v) is 2.94. The maximum absolute atomic E-state index is 12.0. The van der Waals surface area contributed by atoms with E-state index in [9.17, 15) is 4.79 Å². The predicted octanol–water partition coefficient (Wildman–Crippen LogP) is 4.20. The van der Waals surface area contributed by atoms with E-state index < -0.39 is 0 Å². The van der Waals surface area contributed by atoms with Crippen LogP contribution < -0.4 is 0 Å². The van der Waals surface area contributed by atoms with Crippen LogP contribution in [0.25, 0.3) is 6.08 Å². The van der Waals surface area contributed by atoms with Crippen molar-refractivity contribution in [2.75, 3.05) is 0 Å². The van der Waals surface area contributed by atoms with E-state index >= 15 is 0 Å². The molecule has 0 saturated carbocycles. The van der Waals surface area contributed by atoms with Crippen molar-refractivity contribution in [2.45, 2.75) is 13.8 Å². The average molecular weight is 236 g/mol. The van der Waals surface area contributed by atoms with Gasteiger partial charge in [0.25, 0.3) is 0 Å². The van der Waals surface area contributed by atoms with Gasteiger partial charge in [-0.3, -0.25) is 4.79 Å². The van der Waals surface area contributed by atoms with Crippen LogP contribution in [0.15, 0.2) is 54.6 Å². The van der Waals surface area contributed by atoms with Gasteiger partial charge in [-0.25, -0.2) is 0 Å². The highest BCUT2D eigenvalue weighted by Crippen LogP contribution is 2.10. The second-order valence-corrected chi connectivity index (χ2v) is 4.42. The van der Waals surface area contributed by atoms with Crippen LogP contribution in [0.1, 0.15) is 27.0 Å². The average Bonchev–Trinajstić information content (AvgIpc) is 2.38. The first-order chi connectivity index (χ1) is 8.66. The Morgan fingerprint density at radius 3 is 2.28 bits per heavy atom. The molecule has 0 unspecified atom stereocenters. The molecule has 2 rings (SSSR count). The van der Waals surface area contributed by atoms with Crippen molar-refractivity contribution in [3.8, 4) is 0 Å². The summed E-state index contributed by atoms with van der Waals surface area (Å²) >= 11 is 0. The van der Waals surface area contributed by atoms with E-state index in [-0.39, 0.29) is 5.78 Å². The topological polar surface area (TPSA) is 17.1 Å². The SMILES string of the molecule is Cc1ccc(C(=O)C=Cc2ccccc2C)cc1. The fourth-order valence-corrected chi connectivity index (χ4v) is 1.75. The number of benzene rings is 2. The van der Waals surface area contributed by atoms with Gasteiger partial charge in [-0.2, -0.15) is 0 Å². The number of rotatable bonds is 3. The minimum absolute atomic E-state index is 0.0400. The lowest BCUT2D eigenvalue weighted by molar-refractivity contribution is 0.104. The molecule has 0 N–H and O–H groups in total. The fourth-order valence-electron chi connectivity index (χ4n) is 1.75. The highest BCUT2D eigenvalue weighted by molar-refractivity contribution is 6.06. The van der Waals surface area contributed by atoms with Crippen LogP contribution in [0, 0.1) is 13.8 Å². The molecule has 0 heterocycles. The number of allylic oxidation sites excluding steroid dienone is 1. The molecular formula is C17H16O. The van der Waals surface area contributed by atoms with E-state index in [0.717, 1.165) is 16.7 Å². The third-order valence-electron chi connectivity index (χ3n) is 2.94. The summed E-state index contributed by atoms with van der Waals surface area (Å²) in [6, 6.07) is 15.6. The molecule has 90 valence electrons. The molecule has 18 heavy (non-hydrogen) atoms. The monoisotopic (exact) mass is 236 g/mol. The molecule has 0 bridgehead atoms. The molecule has 0 radical (unpaired) electrons. The highest BCUT2D eigenvalue weighted by atomic mass is 16.1. The van der Waals surface area contributed by atoms with E-state index in [2.05, 4.69) is 0 Å². The highest BCUT2D eigenvalue weighted by Gasteiger charge is 2.00. The van der Waals surface area contributed by atoms with Crippen LogP contribution in [0.2, 0.25) is 0 Å². The van der Waals surface area contributed by atoms with Crippen LogP contribution in [0.3, 0.4) is 0 Å². The summed E-state index contributed by atoms with van der Waals surface area (Å²) in [6.45, 7) is 4.05. The van der Waals surface area contributed by atoms with E-state index in [1.54, 1.807) is 6.08 Å². The first-order valence-electron chi connectivity index (χ1n) is 6.01. The molecular weight excluding hydrogens is 220 g/mol. The van der Waals surface area contributed by atoms with Gasteiger partial charge in [-0.15, -0.1) is 0 Å². The molecule has 2 aromatic carbocycles. The Morgan fingerprint density at radius 1 is 0.944 bits per heavy atom. The third kappa shape index (κ3) is 2.95. The van der Waals surface area contributed by atoms with Gasteiger partial charge >= 0.3 is 0 Å².